The van der Waals surface area contributed by atoms with Crippen LogP contribution in [0.5, 0.6) is 0 Å². The molecule has 0 spiro atoms. The van der Waals surface area contributed by atoms with Gasteiger partial charge in [-0.25, -0.2) is 18.4 Å². The summed E-state index contributed by atoms with van der Waals surface area (Å²) in [5.41, 5.74) is 0.615. The molecule has 0 N–H and O–H groups in total. The Kier molecular flexibility index (Phi) is 4.52. The number of rotatable bonds is 4. The zero-order chi connectivity index (χ0) is 13.9. The van der Waals surface area contributed by atoms with Crippen LogP contribution >= 0.6 is 0 Å². The summed E-state index contributed by atoms with van der Waals surface area (Å²) in [7, 11) is -1.77. The zero-order valence-corrected chi connectivity index (χ0v) is 12.2. The van der Waals surface area contributed by atoms with Gasteiger partial charge in [-0.3, -0.25) is 0 Å². The van der Waals surface area contributed by atoms with E-state index in [1.165, 1.54) is 0 Å². The van der Waals surface area contributed by atoms with Crippen LogP contribution in [0.15, 0.2) is 11.1 Å². The first kappa shape index (κ1) is 14.4. The molecule has 1 saturated carbocycles. The molecular formula is C13H20N2O3S. The zero-order valence-electron chi connectivity index (χ0n) is 11.4. The highest BCUT2D eigenvalue weighted by atomic mass is 32.2. The molecule has 1 aromatic heterocycles. The molecule has 6 heteroatoms. The van der Waals surface area contributed by atoms with Gasteiger partial charge in [-0.1, -0.05) is 19.3 Å². The van der Waals surface area contributed by atoms with Crippen molar-refractivity contribution in [2.45, 2.75) is 55.9 Å². The topological polar surface area (TPSA) is 69.2 Å². The minimum Gasteiger partial charge on any atom is -0.378 e. The monoisotopic (exact) mass is 284 g/mol. The van der Waals surface area contributed by atoms with Gasteiger partial charge in [-0.15, -0.1) is 0 Å². The fraction of sp³-hybridized carbons (Fsp3) is 0.692. The predicted molar refractivity (Wildman–Crippen MR) is 71.5 cm³/mol. The molecule has 0 aliphatic heterocycles. The van der Waals surface area contributed by atoms with Gasteiger partial charge in [0.2, 0.25) is 0 Å². The Morgan fingerprint density at radius 2 is 1.95 bits per heavy atom. The Hall–Kier alpha value is -1.01. The van der Waals surface area contributed by atoms with Crippen LogP contribution in [0.3, 0.4) is 0 Å². The van der Waals surface area contributed by atoms with Crippen LogP contribution in [0.4, 0.5) is 0 Å². The fourth-order valence-corrected chi connectivity index (χ4v) is 4.37. The Balaban J connectivity index is 2.33. The standard InChI is InChI=1S/C13H20N2O3S/c1-10-14-11(9-18-2)8-13(15-10)19(16,17)12-6-4-3-5-7-12/h8,12H,3-7,9H2,1-2H3. The Labute approximate surface area is 114 Å². The molecule has 1 aromatic rings. The minimum atomic E-state index is -3.33. The summed E-state index contributed by atoms with van der Waals surface area (Å²) in [6.45, 7) is 2.01. The van der Waals surface area contributed by atoms with E-state index in [-0.39, 0.29) is 10.3 Å². The molecule has 0 aromatic carbocycles. The normalized spacial score (nSPS) is 17.6. The van der Waals surface area contributed by atoms with Gasteiger partial charge in [0, 0.05) is 7.11 Å². The largest absolute Gasteiger partial charge is 0.378 e. The average molecular weight is 284 g/mol. The molecule has 0 amide bonds. The molecule has 0 atom stereocenters. The van der Waals surface area contributed by atoms with Gasteiger partial charge in [0.05, 0.1) is 17.6 Å². The van der Waals surface area contributed by atoms with Crippen LogP contribution in [0.1, 0.15) is 43.6 Å². The molecule has 0 unspecified atom stereocenters. The van der Waals surface area contributed by atoms with Gasteiger partial charge < -0.3 is 4.74 Å². The number of ether oxygens (including phenoxy) is 1. The summed E-state index contributed by atoms with van der Waals surface area (Å²) in [4.78, 5) is 8.29. The first-order valence-electron chi connectivity index (χ1n) is 6.61. The SMILES string of the molecule is COCc1cc(S(=O)(=O)C2CCCCC2)nc(C)n1. The second-order valence-corrected chi connectivity index (χ2v) is 7.16. The smallest absolute Gasteiger partial charge is 0.198 e. The lowest BCUT2D eigenvalue weighted by molar-refractivity contribution is 0.181. The third-order valence-corrected chi connectivity index (χ3v) is 5.58. The Bertz CT molecular complexity index is 537. The first-order chi connectivity index (χ1) is 9.04. The molecule has 19 heavy (non-hydrogen) atoms. The third-order valence-electron chi connectivity index (χ3n) is 3.44. The Morgan fingerprint density at radius 3 is 2.58 bits per heavy atom. The molecule has 1 aliphatic carbocycles. The van der Waals surface area contributed by atoms with E-state index in [9.17, 15) is 8.42 Å². The molecule has 1 heterocycles. The lowest BCUT2D eigenvalue weighted by Gasteiger charge is -2.21. The van der Waals surface area contributed by atoms with Crippen LogP contribution < -0.4 is 0 Å². The van der Waals surface area contributed by atoms with Crippen molar-refractivity contribution in [1.29, 1.82) is 0 Å². The number of sulfone groups is 1. The van der Waals surface area contributed by atoms with Crippen LogP contribution in [-0.4, -0.2) is 30.7 Å². The van der Waals surface area contributed by atoms with E-state index in [1.807, 2.05) is 0 Å². The molecule has 0 bridgehead atoms. The number of nitrogens with zero attached hydrogens (tertiary/aromatic N) is 2. The average Bonchev–Trinajstić information content (AvgIpc) is 2.39. The highest BCUT2D eigenvalue weighted by Gasteiger charge is 2.30. The van der Waals surface area contributed by atoms with Gasteiger partial charge in [-0.2, -0.15) is 0 Å². The van der Waals surface area contributed by atoms with E-state index in [0.717, 1.165) is 32.1 Å². The summed E-state index contributed by atoms with van der Waals surface area (Å²) in [6.07, 6.45) is 4.58. The van der Waals surface area contributed by atoms with Crippen molar-refractivity contribution in [3.8, 4) is 0 Å². The van der Waals surface area contributed by atoms with E-state index in [0.29, 0.717) is 18.1 Å². The molecule has 2 rings (SSSR count). The van der Waals surface area contributed by atoms with Crippen molar-refractivity contribution in [1.82, 2.24) is 9.97 Å². The first-order valence-corrected chi connectivity index (χ1v) is 8.16. The van der Waals surface area contributed by atoms with E-state index in [1.54, 1.807) is 20.1 Å². The highest BCUT2D eigenvalue weighted by molar-refractivity contribution is 7.92. The number of aromatic nitrogens is 2. The number of hydrogen-bond donors (Lipinski definition) is 0. The maximum absolute atomic E-state index is 12.6. The summed E-state index contributed by atoms with van der Waals surface area (Å²) in [5, 5.41) is -0.134. The molecule has 5 nitrogen and oxygen atoms in total. The fourth-order valence-electron chi connectivity index (χ4n) is 2.51. The van der Waals surface area contributed by atoms with Crippen molar-refractivity contribution in [2.75, 3.05) is 7.11 Å². The van der Waals surface area contributed by atoms with Gasteiger partial charge in [0.25, 0.3) is 0 Å². The van der Waals surface area contributed by atoms with Gasteiger partial charge in [0.15, 0.2) is 14.9 Å². The van der Waals surface area contributed by atoms with Crippen molar-refractivity contribution < 1.29 is 13.2 Å². The number of aryl methyl sites for hydroxylation is 1. The van der Waals surface area contributed by atoms with E-state index < -0.39 is 9.84 Å². The van der Waals surface area contributed by atoms with Gasteiger partial charge >= 0.3 is 0 Å². The minimum absolute atomic E-state index is 0.152. The second kappa shape index (κ2) is 5.96. The summed E-state index contributed by atoms with van der Waals surface area (Å²) in [6, 6.07) is 1.54. The van der Waals surface area contributed by atoms with Gasteiger partial charge in [-0.05, 0) is 25.8 Å². The van der Waals surface area contributed by atoms with Crippen LogP contribution in [-0.2, 0) is 21.2 Å². The van der Waals surface area contributed by atoms with Crippen molar-refractivity contribution in [2.24, 2.45) is 0 Å². The van der Waals surface area contributed by atoms with Crippen molar-refractivity contribution in [3.63, 3.8) is 0 Å². The molecular weight excluding hydrogens is 264 g/mol. The van der Waals surface area contributed by atoms with Crippen LogP contribution in [0, 0.1) is 6.92 Å². The Morgan fingerprint density at radius 1 is 1.26 bits per heavy atom. The molecule has 106 valence electrons. The maximum atomic E-state index is 12.6. The van der Waals surface area contributed by atoms with Gasteiger partial charge in [0.1, 0.15) is 5.82 Å². The van der Waals surface area contributed by atoms with E-state index in [4.69, 9.17) is 4.74 Å². The highest BCUT2D eigenvalue weighted by Crippen LogP contribution is 2.28. The quantitative estimate of drug-likeness (QED) is 0.791. The van der Waals surface area contributed by atoms with E-state index >= 15 is 0 Å². The molecule has 0 radical (unpaired) electrons. The summed E-state index contributed by atoms with van der Waals surface area (Å²) < 4.78 is 30.1. The van der Waals surface area contributed by atoms with Crippen molar-refractivity contribution in [3.05, 3.63) is 17.6 Å². The lowest BCUT2D eigenvalue weighted by atomic mass is 10.0. The number of hydrogen-bond acceptors (Lipinski definition) is 5. The van der Waals surface area contributed by atoms with Crippen LogP contribution in [0.2, 0.25) is 0 Å². The molecule has 1 fully saturated rings. The van der Waals surface area contributed by atoms with Crippen molar-refractivity contribution >= 4 is 9.84 Å². The third kappa shape index (κ3) is 3.30. The molecule has 1 aliphatic rings. The summed E-state index contributed by atoms with van der Waals surface area (Å²) in [5.74, 6) is 0.476. The molecule has 0 saturated heterocycles. The predicted octanol–water partition coefficient (Wildman–Crippen LogP) is 2.04. The van der Waals surface area contributed by atoms with E-state index in [2.05, 4.69) is 9.97 Å². The van der Waals surface area contributed by atoms with Crippen LogP contribution in [0.25, 0.3) is 0 Å². The lowest BCUT2D eigenvalue weighted by Crippen LogP contribution is -2.25. The second-order valence-electron chi connectivity index (χ2n) is 4.98. The number of methoxy groups -OCH3 is 1. The maximum Gasteiger partial charge on any atom is 0.198 e. The summed E-state index contributed by atoms with van der Waals surface area (Å²) >= 11 is 0.